The maximum absolute atomic E-state index is 12.5. The van der Waals surface area contributed by atoms with Crippen LogP contribution in [-0.4, -0.2) is 31.4 Å². The van der Waals surface area contributed by atoms with Gasteiger partial charge in [0.25, 0.3) is 5.91 Å². The molecule has 2 heterocycles. The van der Waals surface area contributed by atoms with Gasteiger partial charge in [-0.2, -0.15) is 10.2 Å². The number of hydrogen-bond acceptors (Lipinski definition) is 4. The lowest BCUT2D eigenvalue weighted by atomic mass is 10.2. The van der Waals surface area contributed by atoms with Crippen molar-refractivity contribution in [2.75, 3.05) is 10.6 Å². The summed E-state index contributed by atoms with van der Waals surface area (Å²) in [4.78, 5) is 24.7. The van der Waals surface area contributed by atoms with Crippen LogP contribution < -0.4 is 10.6 Å². The van der Waals surface area contributed by atoms with Crippen LogP contribution in [0.1, 0.15) is 29.1 Å². The molecule has 0 spiro atoms. The van der Waals surface area contributed by atoms with Crippen molar-refractivity contribution in [3.05, 3.63) is 58.6 Å². The zero-order chi connectivity index (χ0) is 19.6. The molecule has 0 fully saturated rings. The van der Waals surface area contributed by atoms with Crippen LogP contribution in [0.4, 0.5) is 11.4 Å². The summed E-state index contributed by atoms with van der Waals surface area (Å²) in [5, 5.41) is 14.0. The van der Waals surface area contributed by atoms with Crippen LogP contribution in [0.25, 0.3) is 0 Å². The number of nitrogens with zero attached hydrogens (tertiary/aromatic N) is 4. The highest BCUT2D eigenvalue weighted by Crippen LogP contribution is 2.20. The van der Waals surface area contributed by atoms with Crippen LogP contribution >= 0.6 is 15.9 Å². The average Bonchev–Trinajstić information content (AvgIpc) is 3.20. The fraction of sp³-hybridized carbons (Fsp3) is 0.222. The van der Waals surface area contributed by atoms with Gasteiger partial charge in [-0.05, 0) is 54.0 Å². The van der Waals surface area contributed by atoms with Crippen LogP contribution in [0.15, 0.2) is 47.2 Å². The first-order chi connectivity index (χ1) is 12.8. The summed E-state index contributed by atoms with van der Waals surface area (Å²) in [6.07, 6.45) is 3.46. The molecule has 0 aliphatic carbocycles. The third-order valence-electron chi connectivity index (χ3n) is 3.97. The van der Waals surface area contributed by atoms with Crippen LogP contribution in [0.3, 0.4) is 0 Å². The zero-order valence-corrected chi connectivity index (χ0v) is 16.7. The van der Waals surface area contributed by atoms with E-state index in [0.717, 1.165) is 10.2 Å². The van der Waals surface area contributed by atoms with Crippen molar-refractivity contribution < 1.29 is 9.59 Å². The van der Waals surface area contributed by atoms with Crippen LogP contribution in [-0.2, 0) is 11.8 Å². The molecule has 140 valence electrons. The summed E-state index contributed by atoms with van der Waals surface area (Å²) in [6, 6.07) is 8.09. The summed E-state index contributed by atoms with van der Waals surface area (Å²) in [7, 11) is 1.74. The standard InChI is InChI=1S/C18H19BrN6O2/c1-11-15(19)10-25(22-11)12(2)17(26)20-13-5-4-6-14(9-13)21-18(27)16-7-8-24(3)23-16/h4-10,12H,1-3H3,(H,20,26)(H,21,27). The van der Waals surface area contributed by atoms with Gasteiger partial charge in [-0.1, -0.05) is 6.07 Å². The van der Waals surface area contributed by atoms with Crippen molar-refractivity contribution in [3.63, 3.8) is 0 Å². The third kappa shape index (κ3) is 4.43. The molecule has 0 aliphatic heterocycles. The van der Waals surface area contributed by atoms with Gasteiger partial charge in [0.05, 0.1) is 10.2 Å². The van der Waals surface area contributed by atoms with E-state index in [1.807, 2.05) is 6.92 Å². The van der Waals surface area contributed by atoms with Crippen molar-refractivity contribution in [2.45, 2.75) is 19.9 Å². The molecule has 0 saturated heterocycles. The smallest absolute Gasteiger partial charge is 0.276 e. The average molecular weight is 431 g/mol. The van der Waals surface area contributed by atoms with Gasteiger partial charge in [0.1, 0.15) is 6.04 Å². The van der Waals surface area contributed by atoms with E-state index in [1.165, 1.54) is 0 Å². The maximum atomic E-state index is 12.5. The van der Waals surface area contributed by atoms with Crippen molar-refractivity contribution in [1.29, 1.82) is 0 Å². The van der Waals surface area contributed by atoms with Gasteiger partial charge in [-0.3, -0.25) is 19.0 Å². The minimum atomic E-state index is -0.484. The molecular formula is C18H19BrN6O2. The molecule has 0 saturated carbocycles. The molecular weight excluding hydrogens is 412 g/mol. The minimum absolute atomic E-state index is 0.210. The second-order valence-electron chi connectivity index (χ2n) is 6.12. The lowest BCUT2D eigenvalue weighted by molar-refractivity contribution is -0.119. The Morgan fingerprint density at radius 2 is 1.85 bits per heavy atom. The van der Waals surface area contributed by atoms with E-state index in [-0.39, 0.29) is 11.8 Å². The minimum Gasteiger partial charge on any atom is -0.324 e. The molecule has 1 unspecified atom stereocenters. The number of benzene rings is 1. The number of amides is 2. The first kappa shape index (κ1) is 18.8. The summed E-state index contributed by atoms with van der Waals surface area (Å²) >= 11 is 3.39. The summed E-state index contributed by atoms with van der Waals surface area (Å²) in [5.74, 6) is -0.525. The Bertz CT molecular complexity index is 974. The Balaban J connectivity index is 1.68. The third-order valence-corrected chi connectivity index (χ3v) is 4.75. The molecule has 8 nitrogen and oxygen atoms in total. The van der Waals surface area contributed by atoms with E-state index in [1.54, 1.807) is 66.1 Å². The molecule has 0 radical (unpaired) electrons. The first-order valence-corrected chi connectivity index (χ1v) is 9.06. The number of aryl methyl sites for hydroxylation is 2. The van der Waals surface area contributed by atoms with Gasteiger partial charge in [0.2, 0.25) is 5.91 Å². The van der Waals surface area contributed by atoms with Crippen LogP contribution in [0.2, 0.25) is 0 Å². The fourth-order valence-electron chi connectivity index (χ4n) is 2.43. The SMILES string of the molecule is Cc1nn(C(C)C(=O)Nc2cccc(NC(=O)c3ccn(C)n3)c2)cc1Br. The molecule has 3 rings (SSSR count). The van der Waals surface area contributed by atoms with Gasteiger partial charge < -0.3 is 10.6 Å². The van der Waals surface area contributed by atoms with Gasteiger partial charge in [-0.15, -0.1) is 0 Å². The highest BCUT2D eigenvalue weighted by atomic mass is 79.9. The van der Waals surface area contributed by atoms with Crippen molar-refractivity contribution in [2.24, 2.45) is 7.05 Å². The summed E-state index contributed by atoms with van der Waals surface area (Å²) < 4.78 is 4.00. The van der Waals surface area contributed by atoms with E-state index < -0.39 is 6.04 Å². The van der Waals surface area contributed by atoms with Crippen molar-refractivity contribution in [3.8, 4) is 0 Å². The monoisotopic (exact) mass is 430 g/mol. The Morgan fingerprint density at radius 1 is 1.15 bits per heavy atom. The molecule has 9 heteroatoms. The van der Waals surface area contributed by atoms with Crippen molar-refractivity contribution in [1.82, 2.24) is 19.6 Å². The topological polar surface area (TPSA) is 93.8 Å². The maximum Gasteiger partial charge on any atom is 0.276 e. The number of hydrogen-bond donors (Lipinski definition) is 2. The highest BCUT2D eigenvalue weighted by molar-refractivity contribution is 9.10. The largest absolute Gasteiger partial charge is 0.324 e. The lowest BCUT2D eigenvalue weighted by Gasteiger charge is -2.13. The Labute approximate surface area is 164 Å². The summed E-state index contributed by atoms with van der Waals surface area (Å²) in [5.41, 5.74) is 2.27. The quantitative estimate of drug-likeness (QED) is 0.649. The van der Waals surface area contributed by atoms with Crippen molar-refractivity contribution >= 4 is 39.1 Å². The predicted octanol–water partition coefficient (Wildman–Crippen LogP) is 3.14. The Morgan fingerprint density at radius 3 is 2.44 bits per heavy atom. The zero-order valence-electron chi connectivity index (χ0n) is 15.1. The number of halogens is 1. The highest BCUT2D eigenvalue weighted by Gasteiger charge is 2.17. The van der Waals surface area contributed by atoms with Crippen LogP contribution in [0.5, 0.6) is 0 Å². The predicted molar refractivity (Wildman–Crippen MR) is 106 cm³/mol. The molecule has 0 bridgehead atoms. The van der Waals surface area contributed by atoms with E-state index in [4.69, 9.17) is 0 Å². The lowest BCUT2D eigenvalue weighted by Crippen LogP contribution is -2.24. The number of nitrogens with one attached hydrogen (secondary N) is 2. The van der Waals surface area contributed by atoms with E-state index in [9.17, 15) is 9.59 Å². The number of carbonyl (C=O) groups is 2. The molecule has 2 aromatic heterocycles. The Kier molecular flexibility index (Phi) is 5.41. The van der Waals surface area contributed by atoms with Gasteiger partial charge in [-0.25, -0.2) is 0 Å². The van der Waals surface area contributed by atoms with E-state index in [0.29, 0.717) is 17.1 Å². The summed E-state index contributed by atoms with van der Waals surface area (Å²) in [6.45, 7) is 3.62. The number of rotatable bonds is 5. The molecule has 2 amide bonds. The fourth-order valence-corrected chi connectivity index (χ4v) is 2.72. The molecule has 27 heavy (non-hydrogen) atoms. The number of anilines is 2. The normalized spacial score (nSPS) is 11.9. The number of aromatic nitrogens is 4. The Hall–Kier alpha value is -2.94. The first-order valence-electron chi connectivity index (χ1n) is 8.26. The second-order valence-corrected chi connectivity index (χ2v) is 6.97. The molecule has 2 N–H and O–H groups in total. The molecule has 1 atom stereocenters. The van der Waals surface area contributed by atoms with Crippen LogP contribution in [0, 0.1) is 6.92 Å². The molecule has 3 aromatic rings. The van der Waals surface area contributed by atoms with Gasteiger partial charge >= 0.3 is 0 Å². The van der Waals surface area contributed by atoms with Gasteiger partial charge in [0, 0.05) is 30.8 Å². The molecule has 1 aromatic carbocycles. The van der Waals surface area contributed by atoms with E-state index in [2.05, 4.69) is 36.8 Å². The van der Waals surface area contributed by atoms with Gasteiger partial charge in [0.15, 0.2) is 5.69 Å². The second kappa shape index (κ2) is 7.75. The van der Waals surface area contributed by atoms with E-state index >= 15 is 0 Å². The molecule has 0 aliphatic rings. The number of carbonyl (C=O) groups excluding carboxylic acids is 2.